The molecule has 0 fully saturated rings. The van der Waals surface area contributed by atoms with Crippen molar-refractivity contribution in [1.82, 2.24) is 9.88 Å². The molecule has 5 heteroatoms. The van der Waals surface area contributed by atoms with Gasteiger partial charge in [-0.2, -0.15) is 0 Å². The molecule has 0 aliphatic carbocycles. The molecular formula is C13H17FN2OS. The third-order valence-electron chi connectivity index (χ3n) is 2.73. The van der Waals surface area contributed by atoms with E-state index < -0.39 is 5.67 Å². The fraction of sp³-hybridized carbons (Fsp3) is 0.462. The van der Waals surface area contributed by atoms with E-state index in [-0.39, 0.29) is 4.87 Å². The first kappa shape index (κ1) is 13.2. The van der Waals surface area contributed by atoms with E-state index in [0.29, 0.717) is 13.1 Å². The molecule has 0 aliphatic heterocycles. The molecule has 0 aliphatic rings. The van der Waals surface area contributed by atoms with Crippen molar-refractivity contribution in [2.75, 3.05) is 6.54 Å². The van der Waals surface area contributed by atoms with Crippen molar-refractivity contribution in [3.8, 4) is 0 Å². The lowest BCUT2D eigenvalue weighted by Gasteiger charge is -2.14. The van der Waals surface area contributed by atoms with Gasteiger partial charge in [0.05, 0.1) is 10.2 Å². The minimum atomic E-state index is -1.21. The Morgan fingerprint density at radius 2 is 2.17 bits per heavy atom. The Morgan fingerprint density at radius 1 is 1.44 bits per heavy atom. The minimum absolute atomic E-state index is 0.0417. The van der Waals surface area contributed by atoms with Crippen molar-refractivity contribution in [3.63, 3.8) is 0 Å². The quantitative estimate of drug-likeness (QED) is 0.924. The molecule has 1 N–H and O–H groups in total. The highest BCUT2D eigenvalue weighted by molar-refractivity contribution is 7.16. The maximum atomic E-state index is 13.3. The van der Waals surface area contributed by atoms with Crippen LogP contribution in [0.25, 0.3) is 10.2 Å². The molecule has 98 valence electrons. The van der Waals surface area contributed by atoms with Gasteiger partial charge in [0, 0.05) is 20.1 Å². The highest BCUT2D eigenvalue weighted by Gasteiger charge is 2.14. The number of nitrogens with one attached hydrogen (secondary N) is 1. The number of aromatic nitrogens is 1. The summed E-state index contributed by atoms with van der Waals surface area (Å²) in [5, 5.41) is 3.07. The molecule has 1 aromatic carbocycles. The predicted molar refractivity (Wildman–Crippen MR) is 74.0 cm³/mol. The molecule has 0 atom stereocenters. The summed E-state index contributed by atoms with van der Waals surface area (Å²) in [5.41, 5.74) is 0.801. The van der Waals surface area contributed by atoms with Crippen LogP contribution in [0.4, 0.5) is 4.39 Å². The number of benzene rings is 1. The van der Waals surface area contributed by atoms with Gasteiger partial charge in [0.25, 0.3) is 0 Å². The van der Waals surface area contributed by atoms with Crippen LogP contribution in [0.15, 0.2) is 23.0 Å². The summed E-state index contributed by atoms with van der Waals surface area (Å²) in [6.45, 7) is 4.02. The van der Waals surface area contributed by atoms with Gasteiger partial charge in [0.2, 0.25) is 0 Å². The molecule has 0 radical (unpaired) electrons. The second kappa shape index (κ2) is 4.82. The summed E-state index contributed by atoms with van der Waals surface area (Å²) in [4.78, 5) is 11.6. The third kappa shape index (κ3) is 2.97. The number of nitrogens with zero attached hydrogens (tertiary/aromatic N) is 1. The van der Waals surface area contributed by atoms with E-state index in [1.165, 1.54) is 11.3 Å². The molecule has 1 heterocycles. The lowest BCUT2D eigenvalue weighted by molar-refractivity contribution is 0.210. The van der Waals surface area contributed by atoms with Crippen LogP contribution in [-0.2, 0) is 13.6 Å². The summed E-state index contributed by atoms with van der Waals surface area (Å²) in [6, 6.07) is 5.89. The number of fused-ring (bicyclic) bond motifs is 1. The van der Waals surface area contributed by atoms with Crippen LogP contribution in [0, 0.1) is 0 Å². The Hall–Kier alpha value is -1.20. The zero-order valence-corrected chi connectivity index (χ0v) is 11.6. The molecule has 0 spiro atoms. The minimum Gasteiger partial charge on any atom is -0.310 e. The summed E-state index contributed by atoms with van der Waals surface area (Å²) in [7, 11) is 1.77. The van der Waals surface area contributed by atoms with E-state index in [1.54, 1.807) is 25.5 Å². The Kier molecular flexibility index (Phi) is 3.54. The molecule has 1 aromatic heterocycles. The molecule has 3 nitrogen and oxygen atoms in total. The summed E-state index contributed by atoms with van der Waals surface area (Å²) < 4.78 is 15.9. The topological polar surface area (TPSA) is 34.0 Å². The average Bonchev–Trinajstić information content (AvgIpc) is 2.53. The first-order valence-corrected chi connectivity index (χ1v) is 6.66. The number of rotatable bonds is 4. The van der Waals surface area contributed by atoms with Crippen molar-refractivity contribution in [1.29, 1.82) is 0 Å². The monoisotopic (exact) mass is 268 g/mol. The molecule has 2 rings (SSSR count). The number of halogens is 1. The van der Waals surface area contributed by atoms with Crippen molar-refractivity contribution >= 4 is 21.6 Å². The number of hydrogen-bond acceptors (Lipinski definition) is 3. The van der Waals surface area contributed by atoms with Crippen LogP contribution in [-0.4, -0.2) is 16.8 Å². The van der Waals surface area contributed by atoms with Crippen LogP contribution in [0.3, 0.4) is 0 Å². The third-order valence-corrected chi connectivity index (χ3v) is 3.73. The average molecular weight is 268 g/mol. The fourth-order valence-electron chi connectivity index (χ4n) is 1.79. The number of alkyl halides is 1. The van der Waals surface area contributed by atoms with Gasteiger partial charge in [-0.3, -0.25) is 4.79 Å². The number of thiazole rings is 1. The predicted octanol–water partition coefficient (Wildman–Crippen LogP) is 2.44. The normalized spacial score (nSPS) is 12.2. The van der Waals surface area contributed by atoms with Gasteiger partial charge in [-0.15, -0.1) is 0 Å². The standard InChI is InChI=1S/C13H17FN2OS/c1-13(2,14)8-15-7-9-4-5-10-11(6-9)18-12(17)16(10)3/h4-6,15H,7-8H2,1-3H3. The van der Waals surface area contributed by atoms with Crippen molar-refractivity contribution in [3.05, 3.63) is 33.4 Å². The molecule has 0 saturated heterocycles. The fourth-order valence-corrected chi connectivity index (χ4v) is 2.74. The van der Waals surface area contributed by atoms with Crippen LogP contribution >= 0.6 is 11.3 Å². The van der Waals surface area contributed by atoms with Gasteiger partial charge >= 0.3 is 4.87 Å². The Morgan fingerprint density at radius 3 is 2.83 bits per heavy atom. The second-order valence-corrected chi connectivity index (χ2v) is 6.04. The highest BCUT2D eigenvalue weighted by Crippen LogP contribution is 2.18. The van der Waals surface area contributed by atoms with Crippen LogP contribution < -0.4 is 10.2 Å². The van der Waals surface area contributed by atoms with Crippen LogP contribution in [0.5, 0.6) is 0 Å². The SMILES string of the molecule is Cn1c(=O)sc2cc(CNCC(C)(C)F)ccc21. The van der Waals surface area contributed by atoms with Gasteiger partial charge in [0.1, 0.15) is 5.67 Å². The summed E-state index contributed by atoms with van der Waals surface area (Å²) >= 11 is 1.24. The zero-order valence-electron chi connectivity index (χ0n) is 10.8. The van der Waals surface area contributed by atoms with E-state index in [0.717, 1.165) is 15.8 Å². The second-order valence-electron chi connectivity index (χ2n) is 5.05. The molecular weight excluding hydrogens is 251 g/mol. The zero-order chi connectivity index (χ0) is 13.3. The maximum absolute atomic E-state index is 13.3. The van der Waals surface area contributed by atoms with Crippen LogP contribution in [0.2, 0.25) is 0 Å². The maximum Gasteiger partial charge on any atom is 0.307 e. The molecule has 0 unspecified atom stereocenters. The highest BCUT2D eigenvalue weighted by atomic mass is 32.1. The van der Waals surface area contributed by atoms with E-state index in [9.17, 15) is 9.18 Å². The Labute approximate surface area is 109 Å². The molecule has 0 bridgehead atoms. The van der Waals surface area contributed by atoms with Crippen molar-refractivity contribution in [2.24, 2.45) is 7.05 Å². The van der Waals surface area contributed by atoms with E-state index in [1.807, 2.05) is 18.2 Å². The smallest absolute Gasteiger partial charge is 0.307 e. The molecule has 0 saturated carbocycles. The first-order chi connectivity index (χ1) is 8.37. The van der Waals surface area contributed by atoms with Crippen molar-refractivity contribution < 1.29 is 4.39 Å². The van der Waals surface area contributed by atoms with Gasteiger partial charge in [-0.1, -0.05) is 17.4 Å². The molecule has 18 heavy (non-hydrogen) atoms. The first-order valence-electron chi connectivity index (χ1n) is 5.85. The largest absolute Gasteiger partial charge is 0.310 e. The van der Waals surface area contributed by atoms with Crippen LogP contribution in [0.1, 0.15) is 19.4 Å². The van der Waals surface area contributed by atoms with Gasteiger partial charge in [-0.05, 0) is 31.5 Å². The summed E-state index contributed by atoms with van der Waals surface area (Å²) in [5.74, 6) is 0. The molecule has 0 amide bonds. The van der Waals surface area contributed by atoms with Crippen molar-refractivity contribution in [2.45, 2.75) is 26.1 Å². The lowest BCUT2D eigenvalue weighted by atomic mass is 10.1. The molecule has 2 aromatic rings. The van der Waals surface area contributed by atoms with Gasteiger partial charge in [0.15, 0.2) is 0 Å². The van der Waals surface area contributed by atoms with E-state index in [4.69, 9.17) is 0 Å². The number of hydrogen-bond donors (Lipinski definition) is 1. The van der Waals surface area contributed by atoms with E-state index in [2.05, 4.69) is 5.32 Å². The van der Waals surface area contributed by atoms with Gasteiger partial charge in [-0.25, -0.2) is 4.39 Å². The number of aryl methyl sites for hydroxylation is 1. The Balaban J connectivity index is 2.13. The Bertz CT molecular complexity index is 609. The van der Waals surface area contributed by atoms with E-state index >= 15 is 0 Å². The summed E-state index contributed by atoms with van der Waals surface area (Å²) in [6.07, 6.45) is 0. The lowest BCUT2D eigenvalue weighted by Crippen LogP contribution is -2.30. The van der Waals surface area contributed by atoms with Gasteiger partial charge < -0.3 is 9.88 Å².